The van der Waals surface area contributed by atoms with Crippen molar-refractivity contribution in [2.45, 2.75) is 91.5 Å². The van der Waals surface area contributed by atoms with Crippen LogP contribution in [0.15, 0.2) is 16.8 Å². The van der Waals surface area contributed by atoms with Gasteiger partial charge in [0, 0.05) is 24.9 Å². The minimum atomic E-state index is -0.449. The largest absolute Gasteiger partial charge is 0.433 e. The Labute approximate surface area is 204 Å². The zero-order chi connectivity index (χ0) is 24.1. The minimum Gasteiger partial charge on any atom is -0.318 e. The van der Waals surface area contributed by atoms with E-state index >= 15 is 0 Å². The second-order valence-electron chi connectivity index (χ2n) is 12.5. The van der Waals surface area contributed by atoms with Crippen molar-refractivity contribution in [1.82, 2.24) is 10.6 Å². The molecular formula is C28H43N3O3. The highest BCUT2D eigenvalue weighted by Gasteiger charge is 2.59. The highest BCUT2D eigenvalue weighted by atomic mass is 16.7. The summed E-state index contributed by atoms with van der Waals surface area (Å²) in [6.45, 7) is 10.8. The number of rotatable bonds is 4. The maximum absolute atomic E-state index is 12.3. The number of hydrogen-bond acceptors (Lipinski definition) is 5. The van der Waals surface area contributed by atoms with Gasteiger partial charge >= 0.3 is 6.09 Å². The van der Waals surface area contributed by atoms with E-state index < -0.39 is 6.09 Å². The summed E-state index contributed by atoms with van der Waals surface area (Å²) in [6, 6.07) is 0.317. The monoisotopic (exact) mass is 469 g/mol. The summed E-state index contributed by atoms with van der Waals surface area (Å²) in [6.07, 6.45) is 11.5. The molecule has 1 amide bonds. The maximum atomic E-state index is 12.3. The molecule has 5 rings (SSSR count). The van der Waals surface area contributed by atoms with Crippen LogP contribution in [-0.4, -0.2) is 36.7 Å². The fourth-order valence-corrected chi connectivity index (χ4v) is 8.82. The van der Waals surface area contributed by atoms with Gasteiger partial charge < -0.3 is 10.6 Å². The molecule has 3 saturated carbocycles. The highest BCUT2D eigenvalue weighted by molar-refractivity contribution is 5.91. The fourth-order valence-electron chi connectivity index (χ4n) is 8.82. The number of carbonyl (C=O) groups is 2. The molecule has 0 aromatic heterocycles. The van der Waals surface area contributed by atoms with Crippen LogP contribution in [-0.2, 0) is 9.63 Å². The van der Waals surface area contributed by atoms with Gasteiger partial charge in [-0.15, -0.1) is 0 Å². The third-order valence-corrected chi connectivity index (χ3v) is 10.9. The molecule has 4 fully saturated rings. The van der Waals surface area contributed by atoms with Crippen molar-refractivity contribution in [3.05, 3.63) is 11.6 Å². The molecule has 188 valence electrons. The van der Waals surface area contributed by atoms with E-state index in [1.165, 1.54) is 31.3 Å². The Morgan fingerprint density at radius 1 is 1.15 bits per heavy atom. The molecule has 4 aliphatic carbocycles. The van der Waals surface area contributed by atoms with Crippen molar-refractivity contribution in [3.8, 4) is 0 Å². The molecule has 1 aliphatic heterocycles. The zero-order valence-corrected chi connectivity index (χ0v) is 21.5. The predicted molar refractivity (Wildman–Crippen MR) is 133 cm³/mol. The Morgan fingerprint density at radius 2 is 1.97 bits per heavy atom. The smallest absolute Gasteiger partial charge is 0.318 e. The normalized spacial score (nSPS) is 44.1. The molecular weight excluding hydrogens is 426 g/mol. The van der Waals surface area contributed by atoms with Crippen molar-refractivity contribution in [2.75, 3.05) is 13.1 Å². The maximum Gasteiger partial charge on any atom is 0.433 e. The van der Waals surface area contributed by atoms with Gasteiger partial charge in [-0.3, -0.25) is 9.63 Å². The van der Waals surface area contributed by atoms with E-state index in [2.05, 4.69) is 36.6 Å². The van der Waals surface area contributed by atoms with Crippen LogP contribution in [0.1, 0.15) is 85.5 Å². The lowest BCUT2D eigenvalue weighted by molar-refractivity contribution is -0.117. The van der Waals surface area contributed by atoms with Crippen molar-refractivity contribution >= 4 is 17.6 Å². The lowest BCUT2D eigenvalue weighted by Crippen LogP contribution is -2.51. The van der Waals surface area contributed by atoms with E-state index in [0.29, 0.717) is 48.5 Å². The number of allylic oxidation sites excluding steroid dienone is 1. The second kappa shape index (κ2) is 9.07. The first-order valence-electron chi connectivity index (χ1n) is 13.7. The van der Waals surface area contributed by atoms with Crippen LogP contribution < -0.4 is 10.6 Å². The predicted octanol–water partition coefficient (Wildman–Crippen LogP) is 5.23. The number of oxime groups is 1. The SMILES string of the molecule is C/C(=N\OC(=O)NCC1NCCC1C)[C@H]1CC[C@H]2[C@@H]3CCC4=CC(=O)CC[C@]4(C)[C@H]3CC[C@]12C. The quantitative estimate of drug-likeness (QED) is 0.335. The molecule has 0 spiro atoms. The summed E-state index contributed by atoms with van der Waals surface area (Å²) >= 11 is 0. The summed E-state index contributed by atoms with van der Waals surface area (Å²) in [7, 11) is 0. The lowest BCUT2D eigenvalue weighted by Gasteiger charge is -2.58. The van der Waals surface area contributed by atoms with Crippen LogP contribution in [0.25, 0.3) is 0 Å². The topological polar surface area (TPSA) is 79.8 Å². The van der Waals surface area contributed by atoms with E-state index in [4.69, 9.17) is 4.84 Å². The molecule has 1 heterocycles. The van der Waals surface area contributed by atoms with Crippen molar-refractivity contribution < 1.29 is 14.4 Å². The molecule has 6 nitrogen and oxygen atoms in total. The molecule has 0 radical (unpaired) electrons. The number of nitrogens with one attached hydrogen (secondary N) is 2. The van der Waals surface area contributed by atoms with Gasteiger partial charge in [-0.05, 0) is 105 Å². The van der Waals surface area contributed by atoms with Gasteiger partial charge in [-0.25, -0.2) is 4.79 Å². The fraction of sp³-hybridized carbons (Fsp3) is 0.821. The summed E-state index contributed by atoms with van der Waals surface area (Å²) in [5, 5.41) is 10.6. The minimum absolute atomic E-state index is 0.215. The molecule has 8 atom stereocenters. The van der Waals surface area contributed by atoms with Crippen LogP contribution in [0.4, 0.5) is 4.79 Å². The molecule has 6 heteroatoms. The third-order valence-electron chi connectivity index (χ3n) is 10.9. The lowest BCUT2D eigenvalue weighted by atomic mass is 9.46. The summed E-state index contributed by atoms with van der Waals surface area (Å²) in [4.78, 5) is 29.7. The molecule has 2 unspecified atom stereocenters. The Bertz CT molecular complexity index is 897. The molecule has 34 heavy (non-hydrogen) atoms. The van der Waals surface area contributed by atoms with Crippen LogP contribution in [0, 0.1) is 40.4 Å². The van der Waals surface area contributed by atoms with Crippen molar-refractivity contribution in [3.63, 3.8) is 0 Å². The van der Waals surface area contributed by atoms with Crippen molar-refractivity contribution in [1.29, 1.82) is 0 Å². The van der Waals surface area contributed by atoms with Gasteiger partial charge in [0.15, 0.2) is 5.78 Å². The van der Waals surface area contributed by atoms with Crippen LogP contribution >= 0.6 is 0 Å². The van der Waals surface area contributed by atoms with E-state index in [1.807, 2.05) is 13.0 Å². The van der Waals surface area contributed by atoms with Gasteiger partial charge in [-0.1, -0.05) is 31.5 Å². The van der Waals surface area contributed by atoms with Gasteiger partial charge in [-0.2, -0.15) is 0 Å². The Hall–Kier alpha value is -1.69. The van der Waals surface area contributed by atoms with E-state index in [-0.39, 0.29) is 10.8 Å². The number of nitrogens with zero attached hydrogens (tertiary/aromatic N) is 1. The van der Waals surface area contributed by atoms with E-state index in [0.717, 1.165) is 43.9 Å². The number of fused-ring (bicyclic) bond motifs is 5. The van der Waals surface area contributed by atoms with Crippen molar-refractivity contribution in [2.24, 2.45) is 45.6 Å². The first-order valence-corrected chi connectivity index (χ1v) is 13.7. The summed E-state index contributed by atoms with van der Waals surface area (Å²) in [5.41, 5.74) is 2.84. The van der Waals surface area contributed by atoms with Crippen LogP contribution in [0.2, 0.25) is 0 Å². The van der Waals surface area contributed by atoms with E-state index in [1.54, 1.807) is 0 Å². The summed E-state index contributed by atoms with van der Waals surface area (Å²) < 4.78 is 0. The standard InChI is InChI=1S/C28H43N3O3/c1-17-11-14-29-25(17)16-30-26(33)34-31-18(2)22-7-8-23-21-6-5-19-15-20(32)9-12-27(19,3)24(21)10-13-28(22,23)4/h15,17,21-25,29H,5-14,16H2,1-4H3,(H,30,33)/b31-18+/t17?,21-,22+,23-,24-,25?,27-,28+/m0/s1. The molecule has 0 aromatic carbocycles. The highest BCUT2D eigenvalue weighted by Crippen LogP contribution is 2.66. The van der Waals surface area contributed by atoms with Gasteiger partial charge in [0.05, 0.1) is 5.71 Å². The Morgan fingerprint density at radius 3 is 2.74 bits per heavy atom. The average molecular weight is 470 g/mol. The molecule has 0 aromatic rings. The third kappa shape index (κ3) is 4.04. The first kappa shape index (κ1) is 24.0. The van der Waals surface area contributed by atoms with Gasteiger partial charge in [0.1, 0.15) is 0 Å². The second-order valence-corrected chi connectivity index (χ2v) is 12.5. The summed E-state index contributed by atoms with van der Waals surface area (Å²) in [5.74, 6) is 3.40. The molecule has 2 N–H and O–H groups in total. The number of hydrogen-bond donors (Lipinski definition) is 2. The Balaban J connectivity index is 1.23. The van der Waals surface area contributed by atoms with E-state index in [9.17, 15) is 9.59 Å². The van der Waals surface area contributed by atoms with Crippen LogP contribution in [0.5, 0.6) is 0 Å². The van der Waals surface area contributed by atoms with Crippen LogP contribution in [0.3, 0.4) is 0 Å². The average Bonchev–Trinajstić information content (AvgIpc) is 3.38. The molecule has 1 saturated heterocycles. The number of ketones is 1. The van der Waals surface area contributed by atoms with Gasteiger partial charge in [0.25, 0.3) is 0 Å². The molecule has 0 bridgehead atoms. The van der Waals surface area contributed by atoms with Gasteiger partial charge in [0.2, 0.25) is 0 Å². The first-order chi connectivity index (χ1) is 16.2. The Kier molecular flexibility index (Phi) is 6.41. The number of carbonyl (C=O) groups excluding carboxylic acids is 2. The molecule has 5 aliphatic rings. The number of amides is 1. The zero-order valence-electron chi connectivity index (χ0n) is 21.5.